The normalized spacial score (nSPS) is 11.7. The molecule has 108 valence electrons. The van der Waals surface area contributed by atoms with Crippen LogP contribution in [0.4, 0.5) is 0 Å². The number of ether oxygens (including phenoxy) is 1. The van der Waals surface area contributed by atoms with E-state index in [1.807, 2.05) is 46.5 Å². The molecular weight excluding hydrogens is 262 g/mol. The van der Waals surface area contributed by atoms with Gasteiger partial charge < -0.3 is 10.1 Å². The van der Waals surface area contributed by atoms with E-state index < -0.39 is 5.60 Å². The van der Waals surface area contributed by atoms with Gasteiger partial charge in [0.25, 0.3) is 0 Å². The number of aromatic nitrogens is 2. The largest absolute Gasteiger partial charge is 0.459 e. The van der Waals surface area contributed by atoms with E-state index in [4.69, 9.17) is 4.74 Å². The fraction of sp³-hybridized carbons (Fsp3) is 0.692. The first kappa shape index (κ1) is 16.0. The molecule has 5 nitrogen and oxygen atoms in total. The van der Waals surface area contributed by atoms with E-state index in [1.165, 1.54) is 11.8 Å². The van der Waals surface area contributed by atoms with E-state index in [2.05, 4.69) is 10.4 Å². The third-order valence-corrected chi connectivity index (χ3v) is 3.55. The third kappa shape index (κ3) is 4.87. The molecule has 1 aromatic heterocycles. The van der Waals surface area contributed by atoms with Gasteiger partial charge in [-0.3, -0.25) is 9.48 Å². The maximum absolute atomic E-state index is 11.7. The molecule has 0 saturated carbocycles. The monoisotopic (exact) mass is 285 g/mol. The van der Waals surface area contributed by atoms with Gasteiger partial charge >= 0.3 is 5.97 Å². The maximum atomic E-state index is 11.7. The lowest BCUT2D eigenvalue weighted by Crippen LogP contribution is -2.25. The minimum absolute atomic E-state index is 0.202. The molecule has 1 aromatic rings. The van der Waals surface area contributed by atoms with Crippen molar-refractivity contribution in [3.63, 3.8) is 0 Å². The van der Waals surface area contributed by atoms with Gasteiger partial charge in [-0.05, 0) is 34.7 Å². The highest BCUT2D eigenvalue weighted by Crippen LogP contribution is 2.25. The van der Waals surface area contributed by atoms with Crippen molar-refractivity contribution < 1.29 is 9.53 Å². The Morgan fingerprint density at radius 1 is 1.47 bits per heavy atom. The number of carbonyl (C=O) groups excluding carboxylic acids is 1. The van der Waals surface area contributed by atoms with Crippen LogP contribution in [0.1, 0.15) is 32.0 Å². The number of hydrogen-bond acceptors (Lipinski definition) is 5. The lowest BCUT2D eigenvalue weighted by atomic mass is 10.2. The van der Waals surface area contributed by atoms with E-state index in [0.29, 0.717) is 5.75 Å². The Bertz CT molecular complexity index is 449. The van der Waals surface area contributed by atoms with Crippen LogP contribution in [-0.4, -0.2) is 34.2 Å². The highest BCUT2D eigenvalue weighted by molar-refractivity contribution is 7.99. The Morgan fingerprint density at radius 3 is 2.63 bits per heavy atom. The predicted molar refractivity (Wildman–Crippen MR) is 77.3 cm³/mol. The van der Waals surface area contributed by atoms with Crippen molar-refractivity contribution in [3.8, 4) is 0 Å². The number of nitrogens with one attached hydrogen (secondary N) is 1. The van der Waals surface area contributed by atoms with Crippen molar-refractivity contribution in [2.75, 3.05) is 12.8 Å². The molecule has 0 amide bonds. The number of thioether (sulfide) groups is 1. The summed E-state index contributed by atoms with van der Waals surface area (Å²) < 4.78 is 7.12. The summed E-state index contributed by atoms with van der Waals surface area (Å²) in [5.41, 5.74) is 1.69. The molecule has 0 unspecified atom stereocenters. The van der Waals surface area contributed by atoms with Crippen molar-refractivity contribution in [3.05, 3.63) is 11.3 Å². The molecule has 0 saturated heterocycles. The summed E-state index contributed by atoms with van der Waals surface area (Å²) in [7, 11) is 3.79. The molecule has 0 fully saturated rings. The van der Waals surface area contributed by atoms with Gasteiger partial charge in [0, 0.05) is 19.2 Å². The van der Waals surface area contributed by atoms with Crippen LogP contribution < -0.4 is 5.32 Å². The van der Waals surface area contributed by atoms with Gasteiger partial charge in [-0.15, -0.1) is 0 Å². The number of aryl methyl sites for hydroxylation is 2. The fourth-order valence-corrected chi connectivity index (χ4v) is 2.68. The minimum Gasteiger partial charge on any atom is -0.459 e. The predicted octanol–water partition coefficient (Wildman–Crippen LogP) is 1.88. The maximum Gasteiger partial charge on any atom is 0.316 e. The topological polar surface area (TPSA) is 56.2 Å². The molecule has 0 aliphatic carbocycles. The first-order chi connectivity index (χ1) is 8.74. The lowest BCUT2D eigenvalue weighted by Gasteiger charge is -2.19. The third-order valence-electron chi connectivity index (χ3n) is 2.39. The summed E-state index contributed by atoms with van der Waals surface area (Å²) in [5, 5.41) is 8.52. The molecule has 1 rings (SSSR count). The van der Waals surface area contributed by atoms with E-state index in [-0.39, 0.29) is 5.97 Å². The van der Waals surface area contributed by atoms with Crippen molar-refractivity contribution in [2.24, 2.45) is 7.05 Å². The lowest BCUT2D eigenvalue weighted by molar-refractivity contribution is -0.151. The smallest absolute Gasteiger partial charge is 0.316 e. The van der Waals surface area contributed by atoms with Gasteiger partial charge in [0.05, 0.1) is 16.5 Å². The second kappa shape index (κ2) is 6.43. The molecule has 0 radical (unpaired) electrons. The molecule has 1 heterocycles. The Morgan fingerprint density at radius 2 is 2.11 bits per heavy atom. The fourth-order valence-electron chi connectivity index (χ4n) is 1.74. The van der Waals surface area contributed by atoms with Crippen LogP contribution in [0.5, 0.6) is 0 Å². The van der Waals surface area contributed by atoms with Crippen LogP contribution in [0, 0.1) is 6.92 Å². The average molecular weight is 285 g/mol. The van der Waals surface area contributed by atoms with Crippen LogP contribution in [0.2, 0.25) is 0 Å². The van der Waals surface area contributed by atoms with Crippen molar-refractivity contribution >= 4 is 17.7 Å². The molecule has 0 aromatic carbocycles. The summed E-state index contributed by atoms with van der Waals surface area (Å²) >= 11 is 1.47. The van der Waals surface area contributed by atoms with Crippen LogP contribution in [0.25, 0.3) is 0 Å². The second-order valence-corrected chi connectivity index (χ2v) is 6.36. The summed E-state index contributed by atoms with van der Waals surface area (Å²) in [6, 6.07) is 0. The van der Waals surface area contributed by atoms with E-state index in [0.717, 1.165) is 22.8 Å². The zero-order valence-corrected chi connectivity index (χ0v) is 13.3. The summed E-state index contributed by atoms with van der Waals surface area (Å²) in [4.78, 5) is 11.7. The van der Waals surface area contributed by atoms with Crippen LogP contribution in [-0.2, 0) is 23.1 Å². The molecule has 0 aliphatic heterocycles. The molecule has 6 heteroatoms. The minimum atomic E-state index is -0.437. The molecule has 0 aliphatic rings. The van der Waals surface area contributed by atoms with Crippen molar-refractivity contribution in [1.29, 1.82) is 0 Å². The van der Waals surface area contributed by atoms with E-state index in [9.17, 15) is 4.79 Å². The number of hydrogen-bond donors (Lipinski definition) is 1. The van der Waals surface area contributed by atoms with Gasteiger partial charge in [0.2, 0.25) is 0 Å². The quantitative estimate of drug-likeness (QED) is 0.661. The van der Waals surface area contributed by atoms with Crippen molar-refractivity contribution in [1.82, 2.24) is 15.1 Å². The first-order valence-corrected chi connectivity index (χ1v) is 7.25. The van der Waals surface area contributed by atoms with E-state index >= 15 is 0 Å². The SMILES string of the molecule is CNCc1c(C)nn(C)c1SCC(=O)OC(C)(C)C. The van der Waals surface area contributed by atoms with Gasteiger partial charge in [0.15, 0.2) is 0 Å². The number of rotatable bonds is 5. The number of nitrogens with zero attached hydrogens (tertiary/aromatic N) is 2. The first-order valence-electron chi connectivity index (χ1n) is 6.26. The molecule has 0 spiro atoms. The number of carbonyl (C=O) groups is 1. The van der Waals surface area contributed by atoms with Gasteiger partial charge in [0.1, 0.15) is 5.60 Å². The molecule has 0 atom stereocenters. The van der Waals surface area contributed by atoms with E-state index in [1.54, 1.807) is 0 Å². The summed E-state index contributed by atoms with van der Waals surface area (Å²) in [6.45, 7) is 8.34. The van der Waals surface area contributed by atoms with Crippen LogP contribution >= 0.6 is 11.8 Å². The Hall–Kier alpha value is -1.01. The van der Waals surface area contributed by atoms with Gasteiger partial charge in [-0.2, -0.15) is 5.10 Å². The Balaban J connectivity index is 2.70. The van der Waals surface area contributed by atoms with Gasteiger partial charge in [-0.1, -0.05) is 11.8 Å². The van der Waals surface area contributed by atoms with Crippen LogP contribution in [0.3, 0.4) is 0 Å². The number of esters is 1. The molecule has 19 heavy (non-hydrogen) atoms. The van der Waals surface area contributed by atoms with Gasteiger partial charge in [-0.25, -0.2) is 0 Å². The zero-order chi connectivity index (χ0) is 14.6. The van der Waals surface area contributed by atoms with Crippen molar-refractivity contribution in [2.45, 2.75) is 44.9 Å². The van der Waals surface area contributed by atoms with Crippen LogP contribution in [0.15, 0.2) is 5.03 Å². The molecular formula is C13H23N3O2S. The second-order valence-electron chi connectivity index (χ2n) is 5.40. The Labute approximate surface area is 119 Å². The standard InChI is InChI=1S/C13H23N3O2S/c1-9-10(7-14-5)12(16(6)15-9)19-8-11(17)18-13(2,3)4/h14H,7-8H2,1-6H3. The average Bonchev–Trinajstić information content (AvgIpc) is 2.50. The summed E-state index contributed by atoms with van der Waals surface area (Å²) in [6.07, 6.45) is 0. The molecule has 1 N–H and O–H groups in total. The zero-order valence-electron chi connectivity index (χ0n) is 12.5. The Kier molecular flexibility index (Phi) is 5.43. The highest BCUT2D eigenvalue weighted by Gasteiger charge is 2.19. The summed E-state index contributed by atoms with van der Waals surface area (Å²) in [5.74, 6) is 0.0965. The molecule has 0 bridgehead atoms. The highest BCUT2D eigenvalue weighted by atomic mass is 32.2.